The number of carbonyl (C=O) groups is 1. The predicted octanol–water partition coefficient (Wildman–Crippen LogP) is 2.72. The van der Waals surface area contributed by atoms with Crippen LogP contribution in [0.1, 0.15) is 32.6 Å². The van der Waals surface area contributed by atoms with Gasteiger partial charge in [0.1, 0.15) is 0 Å². The van der Waals surface area contributed by atoms with Gasteiger partial charge in [0.2, 0.25) is 5.91 Å². The van der Waals surface area contributed by atoms with Crippen LogP contribution in [0.5, 0.6) is 0 Å². The molecule has 2 rings (SSSR count). The van der Waals surface area contributed by atoms with Crippen LogP contribution in [0.4, 0.5) is 11.4 Å². The van der Waals surface area contributed by atoms with Crippen molar-refractivity contribution in [2.45, 2.75) is 38.6 Å². The Kier molecular flexibility index (Phi) is 5.01. The summed E-state index contributed by atoms with van der Waals surface area (Å²) in [6.45, 7) is 2.75. The van der Waals surface area contributed by atoms with Crippen molar-refractivity contribution < 1.29 is 4.79 Å². The Morgan fingerprint density at radius 2 is 2.05 bits per heavy atom. The molecule has 3 N–H and O–H groups in total. The number of nitrogens with one attached hydrogen (secondary N) is 1. The molecular weight excluding hydrogens is 250 g/mol. The monoisotopic (exact) mass is 275 g/mol. The van der Waals surface area contributed by atoms with E-state index in [1.807, 2.05) is 25.2 Å². The maximum absolute atomic E-state index is 12.0. The molecule has 4 heteroatoms. The molecule has 0 aromatic heterocycles. The molecule has 4 nitrogen and oxygen atoms in total. The first-order chi connectivity index (χ1) is 9.54. The van der Waals surface area contributed by atoms with Gasteiger partial charge in [0.25, 0.3) is 0 Å². The summed E-state index contributed by atoms with van der Waals surface area (Å²) in [5.41, 5.74) is 7.13. The van der Waals surface area contributed by atoms with Gasteiger partial charge in [-0.15, -0.1) is 0 Å². The van der Waals surface area contributed by atoms with Crippen LogP contribution < -0.4 is 11.1 Å². The SMILES string of the molecule is CC1CCC(N(C)CC(=O)Nc2cccc(N)c2)CC1. The van der Waals surface area contributed by atoms with E-state index in [1.165, 1.54) is 25.7 Å². The zero-order valence-corrected chi connectivity index (χ0v) is 12.4. The lowest BCUT2D eigenvalue weighted by Crippen LogP contribution is -2.39. The standard InChI is InChI=1S/C16H25N3O/c1-12-6-8-15(9-7-12)19(2)11-16(20)18-14-5-3-4-13(17)10-14/h3-5,10,12,15H,6-9,11,17H2,1-2H3,(H,18,20). The first kappa shape index (κ1) is 14.9. The maximum Gasteiger partial charge on any atom is 0.238 e. The number of likely N-dealkylation sites (N-methyl/N-ethyl adjacent to an activating group) is 1. The molecule has 0 atom stereocenters. The van der Waals surface area contributed by atoms with Crippen LogP contribution in [0.25, 0.3) is 0 Å². The molecule has 1 amide bonds. The summed E-state index contributed by atoms with van der Waals surface area (Å²) in [5, 5.41) is 2.90. The van der Waals surface area contributed by atoms with E-state index < -0.39 is 0 Å². The number of nitrogens with zero attached hydrogens (tertiary/aromatic N) is 1. The van der Waals surface area contributed by atoms with Crippen molar-refractivity contribution in [2.75, 3.05) is 24.6 Å². The van der Waals surface area contributed by atoms with Crippen LogP contribution >= 0.6 is 0 Å². The summed E-state index contributed by atoms with van der Waals surface area (Å²) in [6.07, 6.45) is 4.93. The number of benzene rings is 1. The second-order valence-corrected chi connectivity index (χ2v) is 6.00. The minimum Gasteiger partial charge on any atom is -0.399 e. The van der Waals surface area contributed by atoms with Gasteiger partial charge in [-0.3, -0.25) is 9.69 Å². The third kappa shape index (κ3) is 4.23. The number of carbonyl (C=O) groups excluding carboxylic acids is 1. The zero-order chi connectivity index (χ0) is 14.5. The van der Waals surface area contributed by atoms with Gasteiger partial charge < -0.3 is 11.1 Å². The highest BCUT2D eigenvalue weighted by molar-refractivity contribution is 5.92. The Labute approximate surface area is 121 Å². The Balaban J connectivity index is 1.82. The average molecular weight is 275 g/mol. The smallest absolute Gasteiger partial charge is 0.238 e. The van der Waals surface area contributed by atoms with Gasteiger partial charge in [-0.05, 0) is 56.8 Å². The average Bonchev–Trinajstić information content (AvgIpc) is 2.39. The molecule has 1 saturated carbocycles. The van der Waals surface area contributed by atoms with Crippen LogP contribution in [0.3, 0.4) is 0 Å². The van der Waals surface area contributed by atoms with Crippen LogP contribution in [-0.4, -0.2) is 30.4 Å². The highest BCUT2D eigenvalue weighted by Crippen LogP contribution is 2.26. The van der Waals surface area contributed by atoms with Crippen molar-refractivity contribution in [2.24, 2.45) is 5.92 Å². The summed E-state index contributed by atoms with van der Waals surface area (Å²) in [5.74, 6) is 0.859. The number of hydrogen-bond acceptors (Lipinski definition) is 3. The minimum atomic E-state index is 0.0247. The quantitative estimate of drug-likeness (QED) is 0.831. The van der Waals surface area contributed by atoms with Gasteiger partial charge in [0.15, 0.2) is 0 Å². The lowest BCUT2D eigenvalue weighted by molar-refractivity contribution is -0.117. The van der Waals surface area contributed by atoms with Gasteiger partial charge >= 0.3 is 0 Å². The first-order valence-corrected chi connectivity index (χ1v) is 7.40. The molecule has 0 saturated heterocycles. The lowest BCUT2D eigenvalue weighted by Gasteiger charge is -2.33. The molecule has 0 aliphatic heterocycles. The lowest BCUT2D eigenvalue weighted by atomic mass is 9.87. The van der Waals surface area contributed by atoms with Crippen molar-refractivity contribution >= 4 is 17.3 Å². The van der Waals surface area contributed by atoms with Crippen molar-refractivity contribution in [3.63, 3.8) is 0 Å². The van der Waals surface area contributed by atoms with Crippen LogP contribution in [0.2, 0.25) is 0 Å². The Hall–Kier alpha value is -1.55. The van der Waals surface area contributed by atoms with Crippen LogP contribution in [0.15, 0.2) is 24.3 Å². The highest BCUT2D eigenvalue weighted by atomic mass is 16.2. The van der Waals surface area contributed by atoms with Gasteiger partial charge in [-0.25, -0.2) is 0 Å². The molecule has 1 aromatic rings. The number of amides is 1. The topological polar surface area (TPSA) is 58.4 Å². The fourth-order valence-electron chi connectivity index (χ4n) is 2.86. The Morgan fingerprint density at radius 3 is 2.70 bits per heavy atom. The van der Waals surface area contributed by atoms with Crippen molar-refractivity contribution in [3.05, 3.63) is 24.3 Å². The molecule has 0 bridgehead atoms. The van der Waals surface area contributed by atoms with Crippen LogP contribution in [0, 0.1) is 5.92 Å². The van der Waals surface area contributed by atoms with Crippen LogP contribution in [-0.2, 0) is 4.79 Å². The van der Waals surface area contributed by atoms with E-state index in [1.54, 1.807) is 6.07 Å². The second-order valence-electron chi connectivity index (χ2n) is 6.00. The second kappa shape index (κ2) is 6.75. The molecule has 1 aliphatic carbocycles. The van der Waals surface area contributed by atoms with Gasteiger partial charge in [0.05, 0.1) is 6.54 Å². The molecule has 0 spiro atoms. The van der Waals surface area contributed by atoms with E-state index in [-0.39, 0.29) is 5.91 Å². The third-order valence-corrected chi connectivity index (χ3v) is 4.17. The molecule has 110 valence electrons. The third-order valence-electron chi connectivity index (χ3n) is 4.17. The van der Waals surface area contributed by atoms with E-state index in [0.717, 1.165) is 11.6 Å². The zero-order valence-electron chi connectivity index (χ0n) is 12.4. The summed E-state index contributed by atoms with van der Waals surface area (Å²) in [7, 11) is 2.04. The summed E-state index contributed by atoms with van der Waals surface area (Å²) >= 11 is 0. The number of nitrogen functional groups attached to an aromatic ring is 1. The van der Waals surface area contributed by atoms with E-state index >= 15 is 0 Å². The van der Waals surface area contributed by atoms with Gasteiger partial charge in [-0.1, -0.05) is 13.0 Å². The summed E-state index contributed by atoms with van der Waals surface area (Å²) < 4.78 is 0. The molecule has 1 fully saturated rings. The van der Waals surface area contributed by atoms with Crippen molar-refractivity contribution in [1.29, 1.82) is 0 Å². The van der Waals surface area contributed by atoms with E-state index in [0.29, 0.717) is 18.3 Å². The van der Waals surface area contributed by atoms with Gasteiger partial charge in [-0.2, -0.15) is 0 Å². The van der Waals surface area contributed by atoms with Crippen molar-refractivity contribution in [3.8, 4) is 0 Å². The molecule has 0 unspecified atom stereocenters. The normalized spacial score (nSPS) is 22.8. The van der Waals surface area contributed by atoms with E-state index in [9.17, 15) is 4.79 Å². The molecular formula is C16H25N3O. The molecule has 0 radical (unpaired) electrons. The molecule has 20 heavy (non-hydrogen) atoms. The maximum atomic E-state index is 12.0. The Bertz CT molecular complexity index is 453. The molecule has 0 heterocycles. The Morgan fingerprint density at radius 1 is 1.35 bits per heavy atom. The minimum absolute atomic E-state index is 0.0247. The first-order valence-electron chi connectivity index (χ1n) is 7.40. The number of nitrogens with two attached hydrogens (primary N) is 1. The van der Waals surface area contributed by atoms with Gasteiger partial charge in [0, 0.05) is 17.4 Å². The fraction of sp³-hybridized carbons (Fsp3) is 0.562. The highest BCUT2D eigenvalue weighted by Gasteiger charge is 2.22. The molecule has 1 aliphatic rings. The predicted molar refractivity (Wildman–Crippen MR) is 83.5 cm³/mol. The van der Waals surface area contributed by atoms with Crippen molar-refractivity contribution in [1.82, 2.24) is 4.90 Å². The number of rotatable bonds is 4. The largest absolute Gasteiger partial charge is 0.399 e. The summed E-state index contributed by atoms with van der Waals surface area (Å²) in [4.78, 5) is 14.2. The fourth-order valence-corrected chi connectivity index (χ4v) is 2.86. The number of hydrogen-bond donors (Lipinski definition) is 2. The summed E-state index contributed by atoms with van der Waals surface area (Å²) in [6, 6.07) is 7.83. The van der Waals surface area contributed by atoms with E-state index in [4.69, 9.17) is 5.73 Å². The number of anilines is 2. The van der Waals surface area contributed by atoms with E-state index in [2.05, 4.69) is 17.1 Å². The molecule has 1 aromatic carbocycles.